The number of thiazole rings is 1. The van der Waals surface area contributed by atoms with Crippen LogP contribution in [-0.2, 0) is 0 Å². The topological polar surface area (TPSA) is 48.1 Å². The summed E-state index contributed by atoms with van der Waals surface area (Å²) in [6.45, 7) is 0. The molecule has 3 rings (SSSR count). The summed E-state index contributed by atoms with van der Waals surface area (Å²) in [6.07, 6.45) is 0.682. The molecule has 0 spiro atoms. The van der Waals surface area contributed by atoms with Crippen molar-refractivity contribution in [3.63, 3.8) is 0 Å². The average Bonchev–Trinajstić information content (AvgIpc) is 2.83. The number of benzene rings is 1. The van der Waals surface area contributed by atoms with Crippen molar-refractivity contribution in [2.24, 2.45) is 5.73 Å². The lowest BCUT2D eigenvalue weighted by atomic mass is 9.96. The number of nitrogens with zero attached hydrogens (tertiary/aromatic N) is 1. The van der Waals surface area contributed by atoms with Crippen molar-refractivity contribution in [2.75, 3.05) is 0 Å². The van der Waals surface area contributed by atoms with Gasteiger partial charge in [-0.15, -0.1) is 11.3 Å². The Kier molecular flexibility index (Phi) is 2.78. The Labute approximate surface area is 108 Å². The minimum Gasteiger partial charge on any atom is -0.484 e. The van der Waals surface area contributed by atoms with Crippen LogP contribution < -0.4 is 10.5 Å². The molecule has 1 aromatic carbocycles. The first kappa shape index (κ1) is 11.0. The van der Waals surface area contributed by atoms with Crippen molar-refractivity contribution < 1.29 is 4.74 Å². The van der Waals surface area contributed by atoms with Gasteiger partial charge in [-0.05, 0) is 18.2 Å². The quantitative estimate of drug-likeness (QED) is 0.861. The summed E-state index contributed by atoms with van der Waals surface area (Å²) in [5.41, 5.74) is 9.88. The Bertz CT molecular complexity index is 529. The molecule has 2 unspecified atom stereocenters. The van der Waals surface area contributed by atoms with Gasteiger partial charge >= 0.3 is 0 Å². The molecule has 2 heterocycles. The largest absolute Gasteiger partial charge is 0.484 e. The Hall–Kier alpha value is -1.10. The van der Waals surface area contributed by atoms with E-state index < -0.39 is 0 Å². The van der Waals surface area contributed by atoms with Crippen molar-refractivity contribution in [2.45, 2.75) is 18.6 Å². The minimum absolute atomic E-state index is 0.0510. The molecule has 0 fully saturated rings. The van der Waals surface area contributed by atoms with Gasteiger partial charge in [-0.25, -0.2) is 4.98 Å². The molecular formula is C12H11ClN2OS. The summed E-state index contributed by atoms with van der Waals surface area (Å²) in [7, 11) is 0. The molecule has 0 aliphatic carbocycles. The fourth-order valence-electron chi connectivity index (χ4n) is 2.04. The number of fused-ring (bicyclic) bond motifs is 1. The standard InChI is InChI=1S/C12H11ClN2OS/c13-7-1-2-11-8(3-7)9(14)4-12(16-11)10-5-17-6-15-10/h1-3,5-6,9,12H,4,14H2. The minimum atomic E-state index is -0.0517. The highest BCUT2D eigenvalue weighted by Crippen LogP contribution is 2.40. The van der Waals surface area contributed by atoms with Gasteiger partial charge in [-0.3, -0.25) is 0 Å². The maximum Gasteiger partial charge on any atom is 0.143 e. The second-order valence-electron chi connectivity index (χ2n) is 4.04. The van der Waals surface area contributed by atoms with Crippen LogP contribution in [0.2, 0.25) is 5.02 Å². The Balaban J connectivity index is 1.96. The first-order valence-electron chi connectivity index (χ1n) is 5.34. The number of aromatic nitrogens is 1. The molecule has 2 aromatic rings. The third-order valence-electron chi connectivity index (χ3n) is 2.89. The zero-order valence-electron chi connectivity index (χ0n) is 8.97. The fourth-order valence-corrected chi connectivity index (χ4v) is 2.81. The normalized spacial score (nSPS) is 22.9. The predicted molar refractivity (Wildman–Crippen MR) is 68.5 cm³/mol. The molecule has 2 atom stereocenters. The molecule has 1 aromatic heterocycles. The van der Waals surface area contributed by atoms with Gasteiger partial charge in [0.05, 0.1) is 11.2 Å². The van der Waals surface area contributed by atoms with Crippen LogP contribution >= 0.6 is 22.9 Å². The summed E-state index contributed by atoms with van der Waals surface area (Å²) >= 11 is 7.52. The molecule has 88 valence electrons. The molecule has 0 bridgehead atoms. The third kappa shape index (κ3) is 2.04. The Morgan fingerprint density at radius 1 is 1.47 bits per heavy atom. The van der Waals surface area contributed by atoms with Gasteiger partial charge < -0.3 is 10.5 Å². The second-order valence-corrected chi connectivity index (χ2v) is 5.20. The van der Waals surface area contributed by atoms with E-state index in [9.17, 15) is 0 Å². The van der Waals surface area contributed by atoms with Crippen LogP contribution in [0.3, 0.4) is 0 Å². The summed E-state index contributed by atoms with van der Waals surface area (Å²) in [4.78, 5) is 4.28. The second kappa shape index (κ2) is 4.29. The van der Waals surface area contributed by atoms with E-state index in [1.165, 1.54) is 0 Å². The lowest BCUT2D eigenvalue weighted by Crippen LogP contribution is -2.24. The van der Waals surface area contributed by atoms with E-state index in [0.29, 0.717) is 5.02 Å². The molecule has 17 heavy (non-hydrogen) atoms. The predicted octanol–water partition coefficient (Wildman–Crippen LogP) is 3.32. The average molecular weight is 267 g/mol. The molecule has 5 heteroatoms. The summed E-state index contributed by atoms with van der Waals surface area (Å²) in [6, 6.07) is 5.51. The van der Waals surface area contributed by atoms with Gasteiger partial charge in [0.25, 0.3) is 0 Å². The first-order chi connectivity index (χ1) is 8.24. The van der Waals surface area contributed by atoms with E-state index in [1.54, 1.807) is 11.3 Å². The van der Waals surface area contributed by atoms with E-state index in [4.69, 9.17) is 22.1 Å². The number of hydrogen-bond acceptors (Lipinski definition) is 4. The first-order valence-corrected chi connectivity index (χ1v) is 6.66. The molecular weight excluding hydrogens is 256 g/mol. The third-order valence-corrected chi connectivity index (χ3v) is 3.73. The Morgan fingerprint density at radius 3 is 3.12 bits per heavy atom. The smallest absolute Gasteiger partial charge is 0.143 e. The van der Waals surface area contributed by atoms with Gasteiger partial charge in [0.2, 0.25) is 0 Å². The molecule has 0 saturated carbocycles. The highest BCUT2D eigenvalue weighted by Gasteiger charge is 2.28. The van der Waals surface area contributed by atoms with Gasteiger partial charge in [-0.2, -0.15) is 0 Å². The van der Waals surface area contributed by atoms with E-state index >= 15 is 0 Å². The maximum atomic E-state index is 6.15. The van der Waals surface area contributed by atoms with E-state index in [0.717, 1.165) is 23.4 Å². The fraction of sp³-hybridized carbons (Fsp3) is 0.250. The van der Waals surface area contributed by atoms with Crippen LogP contribution in [0.15, 0.2) is 29.1 Å². The maximum absolute atomic E-state index is 6.15. The number of ether oxygens (including phenoxy) is 1. The zero-order chi connectivity index (χ0) is 11.8. The van der Waals surface area contributed by atoms with Crippen molar-refractivity contribution in [1.82, 2.24) is 4.98 Å². The van der Waals surface area contributed by atoms with Crippen LogP contribution in [0.25, 0.3) is 0 Å². The van der Waals surface area contributed by atoms with Gasteiger partial charge in [-0.1, -0.05) is 11.6 Å². The lowest BCUT2D eigenvalue weighted by molar-refractivity contribution is 0.158. The molecule has 2 N–H and O–H groups in total. The Morgan fingerprint density at radius 2 is 2.35 bits per heavy atom. The lowest BCUT2D eigenvalue weighted by Gasteiger charge is -2.29. The monoisotopic (exact) mass is 266 g/mol. The van der Waals surface area contributed by atoms with Crippen molar-refractivity contribution >= 4 is 22.9 Å². The van der Waals surface area contributed by atoms with E-state index in [2.05, 4.69) is 4.98 Å². The van der Waals surface area contributed by atoms with Crippen molar-refractivity contribution in [1.29, 1.82) is 0 Å². The molecule has 3 nitrogen and oxygen atoms in total. The van der Waals surface area contributed by atoms with Crippen molar-refractivity contribution in [3.05, 3.63) is 45.4 Å². The summed E-state index contributed by atoms with van der Waals surface area (Å²) in [5, 5.41) is 2.69. The highest BCUT2D eigenvalue weighted by molar-refractivity contribution is 7.07. The molecule has 1 aliphatic heterocycles. The van der Waals surface area contributed by atoms with Crippen LogP contribution in [0.5, 0.6) is 5.75 Å². The van der Waals surface area contributed by atoms with E-state index in [1.807, 2.05) is 29.1 Å². The van der Waals surface area contributed by atoms with E-state index in [-0.39, 0.29) is 12.1 Å². The van der Waals surface area contributed by atoms with Crippen LogP contribution in [0.4, 0.5) is 0 Å². The molecule has 0 saturated heterocycles. The molecule has 0 amide bonds. The number of rotatable bonds is 1. The number of hydrogen-bond donors (Lipinski definition) is 1. The van der Waals surface area contributed by atoms with Crippen LogP contribution in [0, 0.1) is 0 Å². The zero-order valence-corrected chi connectivity index (χ0v) is 10.5. The number of nitrogens with two attached hydrogens (primary N) is 1. The number of halogens is 1. The summed E-state index contributed by atoms with van der Waals surface area (Å²) < 4.78 is 5.91. The van der Waals surface area contributed by atoms with Gasteiger partial charge in [0.1, 0.15) is 11.9 Å². The van der Waals surface area contributed by atoms with Crippen LogP contribution in [0.1, 0.15) is 29.8 Å². The van der Waals surface area contributed by atoms with Crippen molar-refractivity contribution in [3.8, 4) is 5.75 Å². The van der Waals surface area contributed by atoms with Gasteiger partial charge in [0.15, 0.2) is 0 Å². The van der Waals surface area contributed by atoms with Crippen LogP contribution in [-0.4, -0.2) is 4.98 Å². The summed E-state index contributed by atoms with van der Waals surface area (Å²) in [5.74, 6) is 0.811. The molecule has 1 aliphatic rings. The van der Waals surface area contributed by atoms with Gasteiger partial charge in [0, 0.05) is 28.4 Å². The molecule has 0 radical (unpaired) electrons. The SMILES string of the molecule is NC1CC(c2cscn2)Oc2ccc(Cl)cc21. The highest BCUT2D eigenvalue weighted by atomic mass is 35.5.